The monoisotopic (exact) mass is 176 g/mol. The molecule has 0 spiro atoms. The van der Waals surface area contributed by atoms with Gasteiger partial charge < -0.3 is 4.98 Å². The lowest BCUT2D eigenvalue weighted by atomic mass is 10.2. The van der Waals surface area contributed by atoms with Crippen LogP contribution in [0.25, 0.3) is 11.0 Å². The summed E-state index contributed by atoms with van der Waals surface area (Å²) in [5.41, 5.74) is 3.48. The number of hydrogen-bond acceptors (Lipinski definition) is 1. The molecule has 0 atom stereocenters. The third kappa shape index (κ3) is 1.32. The average Bonchev–Trinajstić information content (AvgIpc) is 2.49. The molecule has 0 aliphatic carbocycles. The fourth-order valence-electron chi connectivity index (χ4n) is 1.47. The molecule has 1 N–H and O–H groups in total. The van der Waals surface area contributed by atoms with Gasteiger partial charge in [-0.05, 0) is 18.6 Å². The molecule has 2 rings (SSSR count). The molecule has 1 heterocycles. The number of imidazole rings is 1. The first kappa shape index (κ1) is 8.30. The van der Waals surface area contributed by atoms with Crippen molar-refractivity contribution in [1.29, 1.82) is 0 Å². The van der Waals surface area contributed by atoms with Crippen LogP contribution in [0.2, 0.25) is 0 Å². The van der Waals surface area contributed by atoms with Crippen molar-refractivity contribution in [3.05, 3.63) is 29.6 Å². The predicted molar refractivity (Wildman–Crippen MR) is 57.0 cm³/mol. The van der Waals surface area contributed by atoms with E-state index in [2.05, 4.69) is 48.9 Å². The molecule has 0 radical (unpaired) electrons. The molecule has 0 unspecified atom stereocenters. The van der Waals surface area contributed by atoms with Gasteiger partial charge in [0, 0.05) is 7.34 Å². The Morgan fingerprint density at radius 3 is 2.77 bits per heavy atom. The molecular formula is C11H16N2. The summed E-state index contributed by atoms with van der Waals surface area (Å²) in [6.07, 6.45) is 0. The molecule has 0 amide bonds. The van der Waals surface area contributed by atoms with E-state index < -0.39 is 0 Å². The molecule has 2 aromatic rings. The quantitative estimate of drug-likeness (QED) is 0.710. The maximum Gasteiger partial charge on any atom is 0.109 e. The van der Waals surface area contributed by atoms with Gasteiger partial charge >= 0.3 is 0 Å². The Labute approximate surface area is 79.5 Å². The number of aryl methyl sites for hydroxylation is 1. The molecule has 0 aliphatic rings. The highest BCUT2D eigenvalue weighted by Gasteiger charge is 2.06. The van der Waals surface area contributed by atoms with Crippen molar-refractivity contribution < 1.29 is 1.43 Å². The minimum absolute atomic E-state index is 0. The van der Waals surface area contributed by atoms with Crippen molar-refractivity contribution in [1.82, 2.24) is 9.97 Å². The molecule has 0 saturated heterocycles. The second kappa shape index (κ2) is 2.87. The van der Waals surface area contributed by atoms with Crippen LogP contribution in [-0.4, -0.2) is 9.97 Å². The molecule has 0 saturated carbocycles. The summed E-state index contributed by atoms with van der Waals surface area (Å²) in [6, 6.07) is 6.22. The second-order valence-electron chi connectivity index (χ2n) is 3.75. The molecule has 13 heavy (non-hydrogen) atoms. The number of hydrogen-bond donors (Lipinski definition) is 1. The van der Waals surface area contributed by atoms with Crippen LogP contribution in [0.5, 0.6) is 0 Å². The van der Waals surface area contributed by atoms with Crippen LogP contribution in [0.1, 0.15) is 32.6 Å². The van der Waals surface area contributed by atoms with E-state index in [9.17, 15) is 0 Å². The molecule has 1 aromatic carbocycles. The lowest BCUT2D eigenvalue weighted by Gasteiger charge is -1.95. The van der Waals surface area contributed by atoms with Gasteiger partial charge in [0.15, 0.2) is 0 Å². The highest BCUT2D eigenvalue weighted by molar-refractivity contribution is 5.78. The topological polar surface area (TPSA) is 28.7 Å². The number of aromatic amines is 1. The van der Waals surface area contributed by atoms with Crippen LogP contribution >= 0.6 is 0 Å². The number of rotatable bonds is 1. The maximum atomic E-state index is 4.56. The second-order valence-corrected chi connectivity index (χ2v) is 3.75. The Morgan fingerprint density at radius 1 is 1.38 bits per heavy atom. The minimum Gasteiger partial charge on any atom is -0.342 e. The Morgan fingerprint density at radius 2 is 2.15 bits per heavy atom. The van der Waals surface area contributed by atoms with Gasteiger partial charge in [0.1, 0.15) is 5.82 Å². The van der Waals surface area contributed by atoms with E-state index in [1.807, 2.05) is 0 Å². The SMILES string of the molecule is Cc1cccc2[nH]c(C(C)C)nc12.[HH]. The lowest BCUT2D eigenvalue weighted by molar-refractivity contribution is 0.799. The predicted octanol–water partition coefficient (Wildman–Crippen LogP) is 3.24. The lowest BCUT2D eigenvalue weighted by Crippen LogP contribution is -1.88. The number of benzene rings is 1. The Bertz CT molecular complexity index is 432. The van der Waals surface area contributed by atoms with Gasteiger partial charge in [-0.2, -0.15) is 0 Å². The van der Waals surface area contributed by atoms with Crippen LogP contribution in [0.15, 0.2) is 18.2 Å². The fraction of sp³-hybridized carbons (Fsp3) is 0.364. The summed E-state index contributed by atoms with van der Waals surface area (Å²) in [7, 11) is 0. The number of H-pyrrole nitrogens is 1. The van der Waals surface area contributed by atoms with Gasteiger partial charge in [0.25, 0.3) is 0 Å². The van der Waals surface area contributed by atoms with Gasteiger partial charge in [0.05, 0.1) is 11.0 Å². The summed E-state index contributed by atoms with van der Waals surface area (Å²) in [5.74, 6) is 1.54. The smallest absolute Gasteiger partial charge is 0.109 e. The highest BCUT2D eigenvalue weighted by Crippen LogP contribution is 2.19. The van der Waals surface area contributed by atoms with Crippen LogP contribution in [0.4, 0.5) is 0 Å². The van der Waals surface area contributed by atoms with Gasteiger partial charge in [-0.25, -0.2) is 4.98 Å². The third-order valence-electron chi connectivity index (χ3n) is 2.28. The van der Waals surface area contributed by atoms with Gasteiger partial charge in [-0.3, -0.25) is 0 Å². The van der Waals surface area contributed by atoms with E-state index in [4.69, 9.17) is 0 Å². The Balaban J connectivity index is 0.000000980. The number of nitrogens with zero attached hydrogens (tertiary/aromatic N) is 1. The van der Waals surface area contributed by atoms with E-state index in [1.165, 1.54) is 5.56 Å². The minimum atomic E-state index is 0. The van der Waals surface area contributed by atoms with Crippen molar-refractivity contribution in [3.8, 4) is 0 Å². The van der Waals surface area contributed by atoms with Crippen molar-refractivity contribution in [2.45, 2.75) is 26.7 Å². The van der Waals surface area contributed by atoms with Crippen molar-refractivity contribution in [3.63, 3.8) is 0 Å². The highest BCUT2D eigenvalue weighted by atomic mass is 14.9. The largest absolute Gasteiger partial charge is 0.342 e. The van der Waals surface area contributed by atoms with Gasteiger partial charge in [-0.1, -0.05) is 26.0 Å². The zero-order chi connectivity index (χ0) is 9.42. The van der Waals surface area contributed by atoms with E-state index in [0.717, 1.165) is 16.9 Å². The first-order valence-corrected chi connectivity index (χ1v) is 4.63. The van der Waals surface area contributed by atoms with E-state index in [0.29, 0.717) is 5.92 Å². The summed E-state index contributed by atoms with van der Waals surface area (Å²) in [6.45, 7) is 6.38. The Kier molecular flexibility index (Phi) is 1.83. The summed E-state index contributed by atoms with van der Waals surface area (Å²) >= 11 is 0. The Hall–Kier alpha value is -1.31. The molecule has 2 nitrogen and oxygen atoms in total. The van der Waals surface area contributed by atoms with E-state index >= 15 is 0 Å². The number of para-hydroxylation sites is 1. The molecule has 0 fully saturated rings. The third-order valence-corrected chi connectivity index (χ3v) is 2.28. The number of nitrogens with one attached hydrogen (secondary N) is 1. The molecule has 1 aromatic heterocycles. The average molecular weight is 176 g/mol. The zero-order valence-corrected chi connectivity index (χ0v) is 8.26. The van der Waals surface area contributed by atoms with Crippen molar-refractivity contribution in [2.75, 3.05) is 0 Å². The summed E-state index contributed by atoms with van der Waals surface area (Å²) in [5, 5.41) is 0. The standard InChI is InChI=1S/C11H14N2.H2/c1-7(2)11-12-9-6-4-5-8(3)10(9)13-11;/h4-7H,1-3H3,(H,12,13);1H. The normalized spacial score (nSPS) is 11.4. The van der Waals surface area contributed by atoms with Crippen molar-refractivity contribution >= 4 is 11.0 Å². The molecule has 70 valence electrons. The van der Waals surface area contributed by atoms with Crippen molar-refractivity contribution in [2.24, 2.45) is 0 Å². The first-order chi connectivity index (χ1) is 6.18. The summed E-state index contributed by atoms with van der Waals surface area (Å²) in [4.78, 5) is 7.88. The molecular weight excluding hydrogens is 160 g/mol. The summed E-state index contributed by atoms with van der Waals surface area (Å²) < 4.78 is 0. The molecule has 0 bridgehead atoms. The number of fused-ring (bicyclic) bond motifs is 1. The first-order valence-electron chi connectivity index (χ1n) is 4.63. The van der Waals surface area contributed by atoms with Crippen LogP contribution in [-0.2, 0) is 0 Å². The van der Waals surface area contributed by atoms with Gasteiger partial charge in [0.2, 0.25) is 0 Å². The zero-order valence-electron chi connectivity index (χ0n) is 8.26. The fourth-order valence-corrected chi connectivity index (χ4v) is 1.47. The molecule has 2 heteroatoms. The van der Waals surface area contributed by atoms with Crippen LogP contribution in [0, 0.1) is 6.92 Å². The van der Waals surface area contributed by atoms with Crippen LogP contribution < -0.4 is 0 Å². The molecule has 0 aliphatic heterocycles. The van der Waals surface area contributed by atoms with E-state index in [-0.39, 0.29) is 1.43 Å². The van der Waals surface area contributed by atoms with Crippen LogP contribution in [0.3, 0.4) is 0 Å². The number of aromatic nitrogens is 2. The maximum absolute atomic E-state index is 4.56. The van der Waals surface area contributed by atoms with E-state index in [1.54, 1.807) is 0 Å². The van der Waals surface area contributed by atoms with Gasteiger partial charge in [-0.15, -0.1) is 0 Å².